The van der Waals surface area contributed by atoms with E-state index in [0.717, 1.165) is 35.6 Å². The molecular formula is C34H43N3O5S. The first-order valence-corrected chi connectivity index (χ1v) is 16.7. The Labute approximate surface area is 256 Å². The van der Waals surface area contributed by atoms with Crippen molar-refractivity contribution in [3.05, 3.63) is 90.5 Å². The average molecular weight is 606 g/mol. The second-order valence-electron chi connectivity index (χ2n) is 10.8. The topological polar surface area (TPSA) is 96.0 Å². The highest BCUT2D eigenvalue weighted by atomic mass is 32.2. The van der Waals surface area contributed by atoms with Crippen molar-refractivity contribution >= 4 is 27.5 Å². The lowest BCUT2D eigenvalue weighted by Crippen LogP contribution is -2.54. The first-order chi connectivity index (χ1) is 20.8. The summed E-state index contributed by atoms with van der Waals surface area (Å²) in [6.07, 6.45) is 6.10. The summed E-state index contributed by atoms with van der Waals surface area (Å²) in [4.78, 5) is 29.6. The molecule has 9 heteroatoms. The SMILES string of the molecule is CCOc1ccccc1N(CC(=O)N(CCc1ccccc1)[C@H](CC)C(=O)NC1CCCCC1)S(=O)(=O)c1ccccc1. The highest BCUT2D eigenvalue weighted by Crippen LogP contribution is 2.33. The van der Waals surface area contributed by atoms with Gasteiger partial charge in [0.05, 0.1) is 17.2 Å². The number of carbonyl (C=O) groups excluding carboxylic acids is 2. The summed E-state index contributed by atoms with van der Waals surface area (Å²) in [6, 6.07) is 24.0. The van der Waals surface area contributed by atoms with Crippen molar-refractivity contribution < 1.29 is 22.7 Å². The van der Waals surface area contributed by atoms with E-state index in [0.29, 0.717) is 25.2 Å². The Bertz CT molecular complexity index is 1430. The van der Waals surface area contributed by atoms with Crippen molar-refractivity contribution in [3.63, 3.8) is 0 Å². The minimum absolute atomic E-state index is 0.0621. The second-order valence-corrected chi connectivity index (χ2v) is 12.7. The molecule has 2 amide bonds. The van der Waals surface area contributed by atoms with Crippen LogP contribution >= 0.6 is 0 Å². The van der Waals surface area contributed by atoms with Gasteiger partial charge in [-0.1, -0.05) is 86.8 Å². The fourth-order valence-electron chi connectivity index (χ4n) is 5.61. The summed E-state index contributed by atoms with van der Waals surface area (Å²) in [5.74, 6) is -0.286. The molecule has 0 spiro atoms. The average Bonchev–Trinajstić information content (AvgIpc) is 3.03. The van der Waals surface area contributed by atoms with Gasteiger partial charge in [0, 0.05) is 12.6 Å². The molecule has 1 aliphatic carbocycles. The van der Waals surface area contributed by atoms with Crippen molar-refractivity contribution in [3.8, 4) is 5.75 Å². The molecule has 0 aromatic heterocycles. The van der Waals surface area contributed by atoms with Crippen LogP contribution in [0.25, 0.3) is 0 Å². The zero-order valence-electron chi connectivity index (χ0n) is 25.2. The zero-order chi connectivity index (χ0) is 30.7. The maximum Gasteiger partial charge on any atom is 0.264 e. The first-order valence-electron chi connectivity index (χ1n) is 15.3. The summed E-state index contributed by atoms with van der Waals surface area (Å²) < 4.78 is 35.1. The summed E-state index contributed by atoms with van der Waals surface area (Å²) in [7, 11) is -4.16. The maximum atomic E-state index is 14.3. The second kappa shape index (κ2) is 15.6. The van der Waals surface area contributed by atoms with E-state index in [1.807, 2.05) is 44.2 Å². The van der Waals surface area contributed by atoms with Crippen LogP contribution in [-0.4, -0.2) is 56.9 Å². The van der Waals surface area contributed by atoms with E-state index in [9.17, 15) is 18.0 Å². The molecule has 1 fully saturated rings. The third kappa shape index (κ3) is 8.38. The normalized spacial score (nSPS) is 14.5. The van der Waals surface area contributed by atoms with Gasteiger partial charge < -0.3 is 15.0 Å². The molecule has 0 bridgehead atoms. The Morgan fingerprint density at radius 1 is 0.884 bits per heavy atom. The summed E-state index contributed by atoms with van der Waals surface area (Å²) in [6.45, 7) is 3.82. The monoisotopic (exact) mass is 605 g/mol. The number of hydrogen-bond acceptors (Lipinski definition) is 5. The van der Waals surface area contributed by atoms with Gasteiger partial charge in [-0.2, -0.15) is 0 Å². The van der Waals surface area contributed by atoms with Crippen LogP contribution in [0.4, 0.5) is 5.69 Å². The molecule has 1 N–H and O–H groups in total. The van der Waals surface area contributed by atoms with E-state index >= 15 is 0 Å². The van der Waals surface area contributed by atoms with E-state index in [1.165, 1.54) is 18.6 Å². The quantitative estimate of drug-likeness (QED) is 0.259. The predicted octanol–water partition coefficient (Wildman–Crippen LogP) is 5.58. The lowest BCUT2D eigenvalue weighted by molar-refractivity contribution is -0.140. The Hall–Kier alpha value is -3.85. The maximum absolute atomic E-state index is 14.3. The third-order valence-electron chi connectivity index (χ3n) is 7.87. The van der Waals surface area contributed by atoms with Crippen LogP contribution in [0, 0.1) is 0 Å². The largest absolute Gasteiger partial charge is 0.492 e. The highest BCUT2D eigenvalue weighted by Gasteiger charge is 2.35. The van der Waals surface area contributed by atoms with Crippen molar-refractivity contribution in [1.29, 1.82) is 0 Å². The number of anilines is 1. The lowest BCUT2D eigenvalue weighted by atomic mass is 9.95. The minimum atomic E-state index is -4.16. The molecule has 43 heavy (non-hydrogen) atoms. The van der Waals surface area contributed by atoms with E-state index in [-0.39, 0.29) is 29.1 Å². The van der Waals surface area contributed by atoms with Crippen molar-refractivity contribution in [2.45, 2.75) is 75.8 Å². The minimum Gasteiger partial charge on any atom is -0.492 e. The van der Waals surface area contributed by atoms with Crippen LogP contribution in [0.5, 0.6) is 5.75 Å². The molecule has 1 saturated carbocycles. The number of para-hydroxylation sites is 2. The van der Waals surface area contributed by atoms with Gasteiger partial charge in [0.1, 0.15) is 18.3 Å². The van der Waals surface area contributed by atoms with E-state index < -0.39 is 28.5 Å². The predicted molar refractivity (Wildman–Crippen MR) is 170 cm³/mol. The van der Waals surface area contributed by atoms with E-state index in [4.69, 9.17) is 4.74 Å². The Balaban J connectivity index is 1.69. The van der Waals surface area contributed by atoms with Crippen LogP contribution < -0.4 is 14.4 Å². The van der Waals surface area contributed by atoms with Gasteiger partial charge in [0.25, 0.3) is 10.0 Å². The number of carbonyl (C=O) groups is 2. The number of sulfonamides is 1. The first kappa shape index (κ1) is 32.1. The molecule has 4 rings (SSSR count). The van der Waals surface area contributed by atoms with Crippen LogP contribution in [0.1, 0.15) is 57.9 Å². The number of benzene rings is 3. The smallest absolute Gasteiger partial charge is 0.264 e. The number of nitrogens with zero attached hydrogens (tertiary/aromatic N) is 2. The van der Waals surface area contributed by atoms with Crippen LogP contribution in [-0.2, 0) is 26.0 Å². The molecule has 3 aromatic rings. The van der Waals surface area contributed by atoms with Crippen LogP contribution in [0.3, 0.4) is 0 Å². The molecule has 0 radical (unpaired) electrons. The molecule has 0 heterocycles. The highest BCUT2D eigenvalue weighted by molar-refractivity contribution is 7.92. The number of rotatable bonds is 14. The van der Waals surface area contributed by atoms with Crippen molar-refractivity contribution in [2.24, 2.45) is 0 Å². The van der Waals surface area contributed by atoms with Crippen LogP contribution in [0.15, 0.2) is 89.8 Å². The number of amides is 2. The van der Waals surface area contributed by atoms with Gasteiger partial charge >= 0.3 is 0 Å². The summed E-state index contributed by atoms with van der Waals surface area (Å²) >= 11 is 0. The van der Waals surface area contributed by atoms with Gasteiger partial charge in [-0.05, 0) is 62.4 Å². The zero-order valence-corrected chi connectivity index (χ0v) is 26.0. The van der Waals surface area contributed by atoms with Gasteiger partial charge in [-0.15, -0.1) is 0 Å². The Morgan fingerprint density at radius 2 is 1.51 bits per heavy atom. The molecule has 0 saturated heterocycles. The third-order valence-corrected chi connectivity index (χ3v) is 9.64. The van der Waals surface area contributed by atoms with Gasteiger partial charge in [0.15, 0.2) is 0 Å². The van der Waals surface area contributed by atoms with Gasteiger partial charge in [-0.25, -0.2) is 8.42 Å². The van der Waals surface area contributed by atoms with Gasteiger partial charge in [0.2, 0.25) is 11.8 Å². The fraction of sp³-hybridized carbons (Fsp3) is 0.412. The van der Waals surface area contributed by atoms with Crippen molar-refractivity contribution in [2.75, 3.05) is 24.0 Å². The molecule has 0 unspecified atom stereocenters. The standard InChI is InChI=1S/C34H43N3O5S/c1-3-30(34(39)35-28-18-10-6-11-19-28)36(25-24-27-16-8-5-9-17-27)33(38)26-37(31-22-14-15-23-32(31)42-4-2)43(40,41)29-20-12-7-13-21-29/h5,7-9,12-17,20-23,28,30H,3-4,6,10-11,18-19,24-26H2,1-2H3,(H,35,39)/t30-/m1/s1. The number of hydrogen-bond donors (Lipinski definition) is 1. The van der Waals surface area contributed by atoms with Crippen LogP contribution in [0.2, 0.25) is 0 Å². The molecule has 1 atom stereocenters. The molecule has 230 valence electrons. The Kier molecular flexibility index (Phi) is 11.6. The van der Waals surface area contributed by atoms with E-state index in [2.05, 4.69) is 5.32 Å². The molecule has 1 aliphatic rings. The summed E-state index contributed by atoms with van der Waals surface area (Å²) in [5, 5.41) is 3.19. The Morgan fingerprint density at radius 3 is 2.16 bits per heavy atom. The molecule has 8 nitrogen and oxygen atoms in total. The molecule has 0 aliphatic heterocycles. The van der Waals surface area contributed by atoms with E-state index in [1.54, 1.807) is 47.4 Å². The number of nitrogens with one attached hydrogen (secondary N) is 1. The molecule has 3 aromatic carbocycles. The summed E-state index contributed by atoms with van der Waals surface area (Å²) in [5.41, 5.74) is 1.29. The molecular weight excluding hydrogens is 562 g/mol. The lowest BCUT2D eigenvalue weighted by Gasteiger charge is -2.34. The fourth-order valence-corrected chi connectivity index (χ4v) is 7.06. The number of ether oxygens (including phenoxy) is 1. The van der Waals surface area contributed by atoms with Gasteiger partial charge in [-0.3, -0.25) is 13.9 Å². The van der Waals surface area contributed by atoms with Crippen molar-refractivity contribution in [1.82, 2.24) is 10.2 Å².